The van der Waals surface area contributed by atoms with Crippen molar-refractivity contribution in [3.05, 3.63) is 47.5 Å². The molecule has 0 saturated carbocycles. The Morgan fingerprint density at radius 2 is 2.06 bits per heavy atom. The Kier molecular flexibility index (Phi) is 6.04. The number of hydrogen-bond donors (Lipinski definition) is 1. The van der Waals surface area contributed by atoms with E-state index in [2.05, 4.69) is 0 Å². The van der Waals surface area contributed by atoms with E-state index < -0.39 is 5.97 Å². The average Bonchev–Trinajstić information content (AvgIpc) is 2.34. The first-order valence-electron chi connectivity index (χ1n) is 5.72. The summed E-state index contributed by atoms with van der Waals surface area (Å²) in [6.45, 7) is 2.87. The van der Waals surface area contributed by atoms with E-state index in [1.54, 1.807) is 13.0 Å². The molecule has 0 fully saturated rings. The van der Waals surface area contributed by atoms with Crippen LogP contribution in [0.15, 0.2) is 42.0 Å². The van der Waals surface area contributed by atoms with E-state index in [0.717, 1.165) is 18.4 Å². The molecule has 17 heavy (non-hydrogen) atoms. The highest BCUT2D eigenvalue weighted by molar-refractivity contribution is 5.85. The topological polar surface area (TPSA) is 46.5 Å². The quantitative estimate of drug-likeness (QED) is 0.582. The normalized spacial score (nSPS) is 11.5. The summed E-state index contributed by atoms with van der Waals surface area (Å²) in [5.41, 5.74) is 1.55. The number of aliphatic carboxylic acids is 1. The third-order valence-electron chi connectivity index (χ3n) is 2.39. The Hall–Kier alpha value is -1.61. The molecule has 1 aromatic rings. The fraction of sp³-hybridized carbons (Fsp3) is 0.357. The minimum absolute atomic E-state index is 0.396. The van der Waals surface area contributed by atoms with E-state index in [9.17, 15) is 4.79 Å². The van der Waals surface area contributed by atoms with E-state index in [1.807, 2.05) is 30.3 Å². The smallest absolute Gasteiger partial charge is 0.330 e. The average molecular weight is 234 g/mol. The molecule has 0 spiro atoms. The van der Waals surface area contributed by atoms with Gasteiger partial charge in [0, 0.05) is 12.2 Å². The highest BCUT2D eigenvalue weighted by Crippen LogP contribution is 2.03. The van der Waals surface area contributed by atoms with Gasteiger partial charge in [0.15, 0.2) is 0 Å². The largest absolute Gasteiger partial charge is 0.478 e. The van der Waals surface area contributed by atoms with E-state index >= 15 is 0 Å². The van der Waals surface area contributed by atoms with Crippen LogP contribution in [0.25, 0.3) is 0 Å². The fourth-order valence-corrected chi connectivity index (χ4v) is 1.36. The Labute approximate surface area is 102 Å². The zero-order valence-corrected chi connectivity index (χ0v) is 10.1. The molecule has 0 unspecified atom stereocenters. The first-order chi connectivity index (χ1) is 8.20. The molecular formula is C14H18O3. The van der Waals surface area contributed by atoms with Gasteiger partial charge in [-0.05, 0) is 25.3 Å². The summed E-state index contributed by atoms with van der Waals surface area (Å²) < 4.78 is 5.49. The minimum Gasteiger partial charge on any atom is -0.478 e. The maximum Gasteiger partial charge on any atom is 0.330 e. The highest BCUT2D eigenvalue weighted by Gasteiger charge is 1.97. The maximum atomic E-state index is 10.5. The van der Waals surface area contributed by atoms with Crippen molar-refractivity contribution < 1.29 is 14.6 Å². The second-order valence-corrected chi connectivity index (χ2v) is 3.87. The molecule has 0 aromatic heterocycles. The van der Waals surface area contributed by atoms with Gasteiger partial charge in [-0.1, -0.05) is 36.4 Å². The van der Waals surface area contributed by atoms with E-state index in [-0.39, 0.29) is 0 Å². The Morgan fingerprint density at radius 3 is 2.71 bits per heavy atom. The van der Waals surface area contributed by atoms with Crippen molar-refractivity contribution in [2.75, 3.05) is 6.61 Å². The zero-order valence-electron chi connectivity index (χ0n) is 10.1. The van der Waals surface area contributed by atoms with Crippen LogP contribution < -0.4 is 0 Å². The van der Waals surface area contributed by atoms with Crippen molar-refractivity contribution in [2.24, 2.45) is 0 Å². The number of unbranched alkanes of at least 4 members (excludes halogenated alkanes) is 1. The molecule has 0 heterocycles. The standard InChI is InChI=1S/C14H18O3/c1-12(14(15)16)7-5-6-10-17-11-13-8-3-2-4-9-13/h2-4,7-9H,5-6,10-11H2,1H3,(H,15,16)/b12-7+. The van der Waals surface area contributed by atoms with Crippen LogP contribution >= 0.6 is 0 Å². The third-order valence-corrected chi connectivity index (χ3v) is 2.39. The number of rotatable bonds is 7. The number of benzene rings is 1. The summed E-state index contributed by atoms with van der Waals surface area (Å²) in [6.07, 6.45) is 3.32. The molecule has 0 radical (unpaired) electrons. The molecule has 0 aliphatic carbocycles. The number of carboxylic acid groups (broad SMARTS) is 1. The highest BCUT2D eigenvalue weighted by atomic mass is 16.5. The number of hydrogen-bond acceptors (Lipinski definition) is 2. The monoisotopic (exact) mass is 234 g/mol. The van der Waals surface area contributed by atoms with Crippen molar-refractivity contribution in [1.29, 1.82) is 0 Å². The number of ether oxygens (including phenoxy) is 1. The molecule has 0 atom stereocenters. The molecule has 0 amide bonds. The van der Waals surface area contributed by atoms with Crippen molar-refractivity contribution >= 4 is 5.97 Å². The lowest BCUT2D eigenvalue weighted by molar-refractivity contribution is -0.132. The van der Waals surface area contributed by atoms with Crippen molar-refractivity contribution in [3.63, 3.8) is 0 Å². The molecule has 0 aliphatic rings. The van der Waals surface area contributed by atoms with Gasteiger partial charge in [-0.15, -0.1) is 0 Å². The summed E-state index contributed by atoms with van der Waals surface area (Å²) in [5, 5.41) is 8.63. The van der Waals surface area contributed by atoms with Crippen LogP contribution in [0.3, 0.4) is 0 Å². The third kappa shape index (κ3) is 5.88. The second kappa shape index (κ2) is 7.63. The summed E-state index contributed by atoms with van der Waals surface area (Å²) >= 11 is 0. The van der Waals surface area contributed by atoms with Crippen LogP contribution in [0.5, 0.6) is 0 Å². The van der Waals surface area contributed by atoms with Crippen molar-refractivity contribution in [3.8, 4) is 0 Å². The Balaban J connectivity index is 2.10. The summed E-state index contributed by atoms with van der Waals surface area (Å²) in [6, 6.07) is 9.99. The SMILES string of the molecule is C/C(=C\CCCOCc1ccccc1)C(=O)O. The van der Waals surface area contributed by atoms with E-state index in [1.165, 1.54) is 0 Å². The van der Waals surface area contributed by atoms with E-state index in [0.29, 0.717) is 18.8 Å². The molecule has 0 aliphatic heterocycles. The summed E-state index contributed by atoms with van der Waals surface area (Å²) in [5.74, 6) is -0.852. The second-order valence-electron chi connectivity index (χ2n) is 3.87. The number of carbonyl (C=O) groups is 1. The maximum absolute atomic E-state index is 10.5. The number of allylic oxidation sites excluding steroid dienone is 1. The van der Waals surface area contributed by atoms with Gasteiger partial charge in [0.25, 0.3) is 0 Å². The summed E-state index contributed by atoms with van der Waals surface area (Å²) in [7, 11) is 0. The molecule has 3 heteroatoms. The lowest BCUT2D eigenvalue weighted by atomic mass is 10.2. The lowest BCUT2D eigenvalue weighted by Gasteiger charge is -2.03. The molecular weight excluding hydrogens is 216 g/mol. The molecule has 1 N–H and O–H groups in total. The van der Waals surface area contributed by atoms with Crippen LogP contribution in [0.4, 0.5) is 0 Å². The zero-order chi connectivity index (χ0) is 12.5. The van der Waals surface area contributed by atoms with Gasteiger partial charge in [0.05, 0.1) is 6.61 Å². The molecule has 0 bridgehead atoms. The van der Waals surface area contributed by atoms with Gasteiger partial charge < -0.3 is 9.84 Å². The van der Waals surface area contributed by atoms with E-state index in [4.69, 9.17) is 9.84 Å². The Morgan fingerprint density at radius 1 is 1.35 bits per heavy atom. The van der Waals surface area contributed by atoms with Crippen LogP contribution in [0.1, 0.15) is 25.3 Å². The molecule has 1 rings (SSSR count). The van der Waals surface area contributed by atoms with Crippen LogP contribution in [-0.4, -0.2) is 17.7 Å². The predicted molar refractivity (Wildman–Crippen MR) is 66.7 cm³/mol. The summed E-state index contributed by atoms with van der Waals surface area (Å²) in [4.78, 5) is 10.5. The van der Waals surface area contributed by atoms with Gasteiger partial charge in [0.1, 0.15) is 0 Å². The number of carboxylic acids is 1. The first-order valence-corrected chi connectivity index (χ1v) is 5.72. The molecule has 1 aromatic carbocycles. The predicted octanol–water partition coefficient (Wildman–Crippen LogP) is 3.01. The van der Waals surface area contributed by atoms with Gasteiger partial charge in [0.2, 0.25) is 0 Å². The molecule has 92 valence electrons. The van der Waals surface area contributed by atoms with Gasteiger partial charge in [-0.2, -0.15) is 0 Å². The first kappa shape index (κ1) is 13.5. The van der Waals surface area contributed by atoms with Gasteiger partial charge in [-0.25, -0.2) is 4.79 Å². The van der Waals surface area contributed by atoms with Crippen molar-refractivity contribution in [1.82, 2.24) is 0 Å². The van der Waals surface area contributed by atoms with Crippen LogP contribution in [0, 0.1) is 0 Å². The van der Waals surface area contributed by atoms with Crippen LogP contribution in [0.2, 0.25) is 0 Å². The van der Waals surface area contributed by atoms with Crippen molar-refractivity contribution in [2.45, 2.75) is 26.4 Å². The van der Waals surface area contributed by atoms with Crippen LogP contribution in [-0.2, 0) is 16.1 Å². The Bertz CT molecular complexity index is 368. The molecule has 0 saturated heterocycles. The van der Waals surface area contributed by atoms with Gasteiger partial charge >= 0.3 is 5.97 Å². The minimum atomic E-state index is -0.852. The lowest BCUT2D eigenvalue weighted by Crippen LogP contribution is -1.97. The van der Waals surface area contributed by atoms with Gasteiger partial charge in [-0.3, -0.25) is 0 Å². The fourth-order valence-electron chi connectivity index (χ4n) is 1.36. The molecule has 3 nitrogen and oxygen atoms in total.